The fourth-order valence-corrected chi connectivity index (χ4v) is 3.70. The molecule has 120 valence electrons. The maximum atomic E-state index is 11.4. The Kier molecular flexibility index (Phi) is 7.37. The first-order chi connectivity index (χ1) is 10.4. The summed E-state index contributed by atoms with van der Waals surface area (Å²) in [5.41, 5.74) is 0.157. The second-order valence-electron chi connectivity index (χ2n) is 3.96. The van der Waals surface area contributed by atoms with E-state index in [0.29, 0.717) is 0 Å². The van der Waals surface area contributed by atoms with Crippen molar-refractivity contribution in [2.75, 3.05) is 12.4 Å². The molecule has 3 N–H and O–H groups in total. The van der Waals surface area contributed by atoms with E-state index in [1.54, 1.807) is 24.5 Å². The molecule has 0 saturated heterocycles. The van der Waals surface area contributed by atoms with Crippen molar-refractivity contribution in [1.29, 1.82) is 0 Å². The number of amides is 1. The first-order valence-electron chi connectivity index (χ1n) is 6.00. The van der Waals surface area contributed by atoms with Crippen molar-refractivity contribution in [3.63, 3.8) is 0 Å². The molecular formula is C13H16AsNO6S. The van der Waals surface area contributed by atoms with Gasteiger partial charge in [-0.2, -0.15) is 0 Å². The maximum absolute atomic E-state index is 11.4. The maximum Gasteiger partial charge on any atom is 0.129 e. The zero-order valence-electron chi connectivity index (χ0n) is 11.9. The number of hydrogen-bond donors (Lipinski definition) is 3. The van der Waals surface area contributed by atoms with Gasteiger partial charge in [0.05, 0.1) is 7.11 Å². The van der Waals surface area contributed by atoms with E-state index >= 15 is 0 Å². The van der Waals surface area contributed by atoms with Crippen molar-refractivity contribution in [2.45, 2.75) is 6.92 Å². The minimum Gasteiger partial charge on any atom is -0.496 e. The molecule has 9 heteroatoms. The fraction of sp³-hybridized carbons (Fsp3) is 0.154. The molecule has 1 unspecified atom stereocenters. The van der Waals surface area contributed by atoms with Crippen LogP contribution in [0, 0.1) is 0 Å². The van der Waals surface area contributed by atoms with Crippen LogP contribution in [-0.4, -0.2) is 36.5 Å². The standard InChI is InChI=1S/C8H10AsNO5.C5H6OS/c1-6(11)10-8-5-3-2-4-7(8)9(12,13)15-14;1-6-5-2-3-7-4-5/h2-5,14H,1H3,(H,10,11)(H,12,13);2-4H,1H3. The zero-order valence-corrected chi connectivity index (χ0v) is 14.6. The third kappa shape index (κ3) is 5.67. The third-order valence-corrected chi connectivity index (χ3v) is 5.58. The number of anilines is 1. The first-order valence-corrected chi connectivity index (χ1v) is 10.2. The SMILES string of the molecule is CC(=O)Nc1ccccc1[As](=O)(O)OO.COc1ccsc1. The molecular weight excluding hydrogens is 373 g/mol. The Labute approximate surface area is 134 Å². The Hall–Kier alpha value is -1.57. The van der Waals surface area contributed by atoms with E-state index in [1.165, 1.54) is 25.1 Å². The molecule has 0 saturated carbocycles. The van der Waals surface area contributed by atoms with Crippen LogP contribution in [0.15, 0.2) is 41.1 Å². The molecule has 0 fully saturated rings. The molecule has 0 aliphatic heterocycles. The fourth-order valence-electron chi connectivity index (χ4n) is 1.43. The van der Waals surface area contributed by atoms with Crippen molar-refractivity contribution >= 4 is 41.5 Å². The van der Waals surface area contributed by atoms with E-state index in [2.05, 4.69) is 9.19 Å². The average Bonchev–Trinajstić information content (AvgIpc) is 3.01. The Morgan fingerprint density at radius 3 is 2.45 bits per heavy atom. The van der Waals surface area contributed by atoms with Gasteiger partial charge in [0.25, 0.3) is 0 Å². The molecule has 1 heterocycles. The van der Waals surface area contributed by atoms with Crippen LogP contribution in [0.2, 0.25) is 0 Å². The van der Waals surface area contributed by atoms with Gasteiger partial charge < -0.3 is 4.74 Å². The normalized spacial score (nSPS) is 12.5. The van der Waals surface area contributed by atoms with Gasteiger partial charge in [0.1, 0.15) is 5.75 Å². The summed E-state index contributed by atoms with van der Waals surface area (Å²) in [7, 11) is 1.67. The van der Waals surface area contributed by atoms with Crippen molar-refractivity contribution < 1.29 is 26.5 Å². The minimum atomic E-state index is -4.92. The van der Waals surface area contributed by atoms with Crippen LogP contribution < -0.4 is 14.4 Å². The molecule has 0 bridgehead atoms. The molecule has 1 aromatic heterocycles. The topological polar surface area (TPSA) is 105 Å². The number of para-hydroxylation sites is 1. The average molecular weight is 389 g/mol. The quantitative estimate of drug-likeness (QED) is 0.416. The van der Waals surface area contributed by atoms with E-state index in [1.807, 2.05) is 16.8 Å². The first kappa shape index (κ1) is 18.5. The number of thiophene rings is 1. The number of ether oxygens (including phenoxy) is 1. The van der Waals surface area contributed by atoms with Crippen molar-refractivity contribution in [3.05, 3.63) is 41.1 Å². The van der Waals surface area contributed by atoms with Gasteiger partial charge in [-0.15, -0.1) is 11.3 Å². The van der Waals surface area contributed by atoms with E-state index in [4.69, 9.17) is 9.99 Å². The van der Waals surface area contributed by atoms with Crippen LogP contribution in [0.5, 0.6) is 5.75 Å². The predicted molar refractivity (Wildman–Crippen MR) is 83.6 cm³/mol. The molecule has 2 rings (SSSR count). The summed E-state index contributed by atoms with van der Waals surface area (Å²) >= 11 is -3.29. The van der Waals surface area contributed by atoms with Crippen LogP contribution in [0.3, 0.4) is 0 Å². The van der Waals surface area contributed by atoms with Gasteiger partial charge in [0.2, 0.25) is 0 Å². The summed E-state index contributed by atoms with van der Waals surface area (Å²) < 4.78 is 29.0. The van der Waals surface area contributed by atoms with Crippen LogP contribution in [0.25, 0.3) is 0 Å². The molecule has 7 nitrogen and oxygen atoms in total. The molecule has 0 spiro atoms. The van der Waals surface area contributed by atoms with E-state index in [-0.39, 0.29) is 15.9 Å². The van der Waals surface area contributed by atoms with Crippen molar-refractivity contribution in [1.82, 2.24) is 0 Å². The minimum absolute atomic E-state index is 0.103. The van der Waals surface area contributed by atoms with Gasteiger partial charge in [0, 0.05) is 5.38 Å². The van der Waals surface area contributed by atoms with Gasteiger partial charge >= 0.3 is 88.4 Å². The molecule has 22 heavy (non-hydrogen) atoms. The molecule has 1 atom stereocenters. The second kappa shape index (κ2) is 8.77. The number of nitrogens with one attached hydrogen (secondary N) is 1. The monoisotopic (exact) mass is 389 g/mol. The van der Waals surface area contributed by atoms with Gasteiger partial charge in [0.15, 0.2) is 0 Å². The second-order valence-corrected chi connectivity index (χ2v) is 8.28. The summed E-state index contributed by atoms with van der Waals surface area (Å²) in [4.78, 5) is 10.8. The van der Waals surface area contributed by atoms with Gasteiger partial charge in [-0.3, -0.25) is 0 Å². The van der Waals surface area contributed by atoms with Crippen LogP contribution in [0.1, 0.15) is 6.92 Å². The number of methoxy groups -OCH3 is 1. The smallest absolute Gasteiger partial charge is 0.129 e. The van der Waals surface area contributed by atoms with Crippen LogP contribution in [0.4, 0.5) is 5.69 Å². The van der Waals surface area contributed by atoms with Crippen LogP contribution >= 0.6 is 11.3 Å². The number of hydrogen-bond acceptors (Lipinski definition) is 6. The van der Waals surface area contributed by atoms with Crippen molar-refractivity contribution in [3.8, 4) is 5.75 Å². The molecule has 0 aliphatic carbocycles. The number of carbonyl (C=O) groups excluding carboxylic acids is 1. The summed E-state index contributed by atoms with van der Waals surface area (Å²) in [5, 5.41) is 14.6. The molecule has 0 radical (unpaired) electrons. The summed E-state index contributed by atoms with van der Waals surface area (Å²) in [6.45, 7) is 1.27. The van der Waals surface area contributed by atoms with Crippen molar-refractivity contribution in [2.24, 2.45) is 0 Å². The Balaban J connectivity index is 0.000000287. The predicted octanol–water partition coefficient (Wildman–Crippen LogP) is 1.46. The van der Waals surface area contributed by atoms with Gasteiger partial charge in [-0.1, -0.05) is 0 Å². The summed E-state index contributed by atoms with van der Waals surface area (Å²) in [6, 6.07) is 7.78. The largest absolute Gasteiger partial charge is 0.496 e. The molecule has 1 amide bonds. The van der Waals surface area contributed by atoms with E-state index in [9.17, 15) is 12.6 Å². The molecule has 2 aromatic rings. The zero-order chi connectivity index (χ0) is 16.6. The Morgan fingerprint density at radius 2 is 2.00 bits per heavy atom. The van der Waals surface area contributed by atoms with E-state index in [0.717, 1.165) is 5.75 Å². The molecule has 0 aliphatic rings. The molecule has 1 aromatic carbocycles. The van der Waals surface area contributed by atoms with Crippen LogP contribution in [-0.2, 0) is 12.4 Å². The Bertz CT molecular complexity index is 646. The third-order valence-electron chi connectivity index (χ3n) is 2.36. The Morgan fingerprint density at radius 1 is 1.32 bits per heavy atom. The number of benzene rings is 1. The van der Waals surface area contributed by atoms with Gasteiger partial charge in [-0.05, 0) is 11.4 Å². The van der Waals surface area contributed by atoms with Gasteiger partial charge in [-0.25, -0.2) is 0 Å². The van der Waals surface area contributed by atoms with E-state index < -0.39 is 14.2 Å². The number of rotatable bonds is 4. The number of carbonyl (C=O) groups is 1. The summed E-state index contributed by atoms with van der Waals surface area (Å²) in [6.07, 6.45) is 0. The summed E-state index contributed by atoms with van der Waals surface area (Å²) in [5.74, 6) is 0.570.